The Hall–Kier alpha value is -2.14. The molecular weight excluding hydrogens is 259 g/mol. The third kappa shape index (κ3) is 2.58. The number of amides is 1. The molecule has 0 aliphatic carbocycles. The van der Waals surface area contributed by atoms with E-state index in [0.717, 1.165) is 18.8 Å². The van der Waals surface area contributed by atoms with Gasteiger partial charge >= 0.3 is 0 Å². The summed E-state index contributed by atoms with van der Waals surface area (Å²) in [6.07, 6.45) is 1.51. The van der Waals surface area contributed by atoms with Crippen molar-refractivity contribution >= 4 is 11.6 Å². The maximum Gasteiger partial charge on any atom is 0.289 e. The van der Waals surface area contributed by atoms with Gasteiger partial charge in [0.05, 0.1) is 32.4 Å². The minimum atomic E-state index is -0.222. The van der Waals surface area contributed by atoms with Gasteiger partial charge in [-0.05, 0) is 24.3 Å². The molecule has 1 amide bonds. The second-order valence-corrected chi connectivity index (χ2v) is 4.88. The van der Waals surface area contributed by atoms with Crippen LogP contribution in [-0.2, 0) is 0 Å². The highest BCUT2D eigenvalue weighted by Gasteiger charge is 2.26. The van der Waals surface area contributed by atoms with Crippen LogP contribution in [0, 0.1) is 5.82 Å². The Morgan fingerprint density at radius 3 is 2.45 bits per heavy atom. The molecule has 1 aromatic carbocycles. The van der Waals surface area contributed by atoms with E-state index in [0.29, 0.717) is 18.8 Å². The molecule has 1 aliphatic rings. The fourth-order valence-corrected chi connectivity index (χ4v) is 2.51. The van der Waals surface area contributed by atoms with Crippen molar-refractivity contribution in [2.75, 3.05) is 26.2 Å². The number of furan rings is 1. The molecule has 1 aromatic heterocycles. The van der Waals surface area contributed by atoms with E-state index in [2.05, 4.69) is 0 Å². The van der Waals surface area contributed by atoms with E-state index in [1.807, 2.05) is 0 Å². The lowest BCUT2D eigenvalue weighted by atomic mass is 10.2. The number of benzene rings is 1. The zero-order chi connectivity index (χ0) is 13.9. The number of quaternary nitrogens is 1. The fourth-order valence-electron chi connectivity index (χ4n) is 2.51. The van der Waals surface area contributed by atoms with Gasteiger partial charge in [-0.25, -0.2) is 4.39 Å². The molecule has 0 saturated carbocycles. The summed E-state index contributed by atoms with van der Waals surface area (Å²) in [5.41, 5.74) is 1.07. The summed E-state index contributed by atoms with van der Waals surface area (Å²) < 4.78 is 18.0. The molecule has 4 nitrogen and oxygen atoms in total. The highest BCUT2D eigenvalue weighted by Crippen LogP contribution is 2.08. The number of hydrogen-bond donors (Lipinski definition) is 1. The first-order valence-electron chi connectivity index (χ1n) is 6.67. The van der Waals surface area contributed by atoms with Crippen molar-refractivity contribution in [1.29, 1.82) is 0 Å². The Bertz CT molecular complexity index is 572. The van der Waals surface area contributed by atoms with Crippen LogP contribution in [0.1, 0.15) is 10.6 Å². The summed E-state index contributed by atoms with van der Waals surface area (Å²) in [5, 5.41) is 0. The Morgan fingerprint density at radius 1 is 1.15 bits per heavy atom. The number of hydrogen-bond acceptors (Lipinski definition) is 2. The van der Waals surface area contributed by atoms with Crippen molar-refractivity contribution in [1.82, 2.24) is 4.90 Å². The fraction of sp³-hybridized carbons (Fsp3) is 0.267. The Morgan fingerprint density at radius 2 is 1.85 bits per heavy atom. The molecule has 0 spiro atoms. The van der Waals surface area contributed by atoms with Gasteiger partial charge in [-0.1, -0.05) is 0 Å². The second-order valence-electron chi connectivity index (χ2n) is 4.88. The summed E-state index contributed by atoms with van der Waals surface area (Å²) in [4.78, 5) is 15.2. The van der Waals surface area contributed by atoms with Crippen molar-refractivity contribution < 1.29 is 18.5 Å². The highest BCUT2D eigenvalue weighted by atomic mass is 19.1. The summed E-state index contributed by atoms with van der Waals surface area (Å²) in [7, 11) is 0. The maximum absolute atomic E-state index is 12.9. The van der Waals surface area contributed by atoms with Crippen LogP contribution < -0.4 is 4.90 Å². The first-order chi connectivity index (χ1) is 9.74. The zero-order valence-electron chi connectivity index (χ0n) is 11.0. The molecule has 0 atom stereocenters. The molecule has 1 aliphatic heterocycles. The van der Waals surface area contributed by atoms with Gasteiger partial charge in [-0.2, -0.15) is 0 Å². The standard InChI is InChI=1S/C15H15FN2O2/c16-12-3-5-13(6-4-12)17-7-9-18(10-8-17)15(19)14-2-1-11-20-14/h1-6,11H,7-10H2/p+1. The molecule has 5 heteroatoms. The van der Waals surface area contributed by atoms with Crippen molar-refractivity contribution in [3.05, 3.63) is 54.2 Å². The van der Waals surface area contributed by atoms with Gasteiger partial charge in [0.15, 0.2) is 5.76 Å². The van der Waals surface area contributed by atoms with E-state index < -0.39 is 0 Å². The lowest BCUT2D eigenvalue weighted by molar-refractivity contribution is -0.837. The third-order valence-electron chi connectivity index (χ3n) is 3.64. The molecule has 2 heterocycles. The minimum absolute atomic E-state index is 0.0619. The van der Waals surface area contributed by atoms with Crippen LogP contribution in [0.4, 0.5) is 10.1 Å². The first kappa shape index (κ1) is 12.9. The lowest BCUT2D eigenvalue weighted by Gasteiger charge is -2.31. The van der Waals surface area contributed by atoms with Gasteiger partial charge in [0.25, 0.3) is 5.91 Å². The molecule has 2 aromatic rings. The molecule has 104 valence electrons. The normalized spacial score (nSPS) is 16.4. The Balaban J connectivity index is 1.62. The zero-order valence-corrected chi connectivity index (χ0v) is 11.0. The lowest BCUT2D eigenvalue weighted by Crippen LogP contribution is -3.10. The van der Waals surface area contributed by atoms with Crippen molar-refractivity contribution in [2.45, 2.75) is 0 Å². The van der Waals surface area contributed by atoms with Crippen LogP contribution in [0.25, 0.3) is 0 Å². The average Bonchev–Trinajstić information content (AvgIpc) is 3.02. The summed E-state index contributed by atoms with van der Waals surface area (Å²) in [5.74, 6) is 0.100. The number of rotatable bonds is 2. The predicted octanol–water partition coefficient (Wildman–Crippen LogP) is 1.09. The van der Waals surface area contributed by atoms with Crippen molar-refractivity contribution in [3.63, 3.8) is 0 Å². The van der Waals surface area contributed by atoms with Gasteiger partial charge in [0, 0.05) is 12.1 Å². The highest BCUT2D eigenvalue weighted by molar-refractivity contribution is 5.91. The molecule has 1 saturated heterocycles. The molecular formula is C15H16FN2O2+. The Labute approximate surface area is 116 Å². The number of nitrogens with zero attached hydrogens (tertiary/aromatic N) is 1. The molecule has 0 bridgehead atoms. The van der Waals surface area contributed by atoms with E-state index in [1.165, 1.54) is 23.3 Å². The average molecular weight is 275 g/mol. The molecule has 0 radical (unpaired) electrons. The summed E-state index contributed by atoms with van der Waals surface area (Å²) in [6.45, 7) is 2.98. The van der Waals surface area contributed by atoms with Gasteiger partial charge in [-0.15, -0.1) is 0 Å². The molecule has 1 fully saturated rings. The minimum Gasteiger partial charge on any atom is -0.459 e. The van der Waals surface area contributed by atoms with Crippen LogP contribution in [0.5, 0.6) is 0 Å². The van der Waals surface area contributed by atoms with Gasteiger partial charge in [-0.3, -0.25) is 9.69 Å². The number of carbonyl (C=O) groups excluding carboxylic acids is 1. The van der Waals surface area contributed by atoms with E-state index >= 15 is 0 Å². The number of carbonyl (C=O) groups is 1. The topological polar surface area (TPSA) is 37.9 Å². The molecule has 3 rings (SSSR count). The van der Waals surface area contributed by atoms with Gasteiger partial charge in [0.1, 0.15) is 11.5 Å². The van der Waals surface area contributed by atoms with Crippen LogP contribution in [0.3, 0.4) is 0 Å². The predicted molar refractivity (Wildman–Crippen MR) is 71.4 cm³/mol. The second kappa shape index (κ2) is 5.46. The maximum atomic E-state index is 12.9. The molecule has 1 N–H and O–H groups in total. The SMILES string of the molecule is O=C(c1ccco1)N1CC[NH+](c2ccc(F)cc2)CC1. The molecule has 0 unspecified atom stereocenters. The van der Waals surface area contributed by atoms with Crippen LogP contribution in [0.15, 0.2) is 47.1 Å². The number of piperazine rings is 1. The van der Waals surface area contributed by atoms with Crippen LogP contribution >= 0.6 is 0 Å². The first-order valence-corrected chi connectivity index (χ1v) is 6.67. The van der Waals surface area contributed by atoms with Crippen LogP contribution in [0.2, 0.25) is 0 Å². The third-order valence-corrected chi connectivity index (χ3v) is 3.64. The Kier molecular flexibility index (Phi) is 3.52. The van der Waals surface area contributed by atoms with E-state index in [4.69, 9.17) is 4.42 Å². The monoisotopic (exact) mass is 275 g/mol. The summed E-state index contributed by atoms with van der Waals surface area (Å²) >= 11 is 0. The van der Waals surface area contributed by atoms with Crippen molar-refractivity contribution in [3.8, 4) is 0 Å². The number of halogens is 1. The number of nitrogens with one attached hydrogen (secondary N) is 1. The molecule has 20 heavy (non-hydrogen) atoms. The van der Waals surface area contributed by atoms with Crippen molar-refractivity contribution in [2.24, 2.45) is 0 Å². The quantitative estimate of drug-likeness (QED) is 0.891. The summed E-state index contributed by atoms with van der Waals surface area (Å²) in [6, 6.07) is 9.95. The van der Waals surface area contributed by atoms with E-state index in [-0.39, 0.29) is 11.7 Å². The largest absolute Gasteiger partial charge is 0.459 e. The van der Waals surface area contributed by atoms with Gasteiger partial charge < -0.3 is 9.32 Å². The van der Waals surface area contributed by atoms with E-state index in [9.17, 15) is 9.18 Å². The van der Waals surface area contributed by atoms with E-state index in [1.54, 1.807) is 29.2 Å². The van der Waals surface area contributed by atoms with Crippen LogP contribution in [-0.4, -0.2) is 37.0 Å². The smallest absolute Gasteiger partial charge is 0.289 e. The van der Waals surface area contributed by atoms with Gasteiger partial charge in [0.2, 0.25) is 0 Å².